The Labute approximate surface area is 181 Å². The molecule has 4 rings (SSSR count). The Bertz CT molecular complexity index is 1150. The number of anilines is 2. The lowest BCUT2D eigenvalue weighted by Crippen LogP contribution is -2.43. The van der Waals surface area contributed by atoms with Gasteiger partial charge in [-0.3, -0.25) is 4.79 Å². The number of phenolic OH excluding ortho intramolecular Hbond substituents is 1. The number of nitrogen functional groups attached to an aromatic ring is 1. The number of aryl methyl sites for hydroxylation is 1. The number of amides is 1. The highest BCUT2D eigenvalue weighted by Gasteiger charge is 2.19. The Hall–Kier alpha value is -3.58. The van der Waals surface area contributed by atoms with Gasteiger partial charge in [0.05, 0.1) is 11.3 Å². The molecule has 0 unspecified atom stereocenters. The Kier molecular flexibility index (Phi) is 5.52. The minimum Gasteiger partial charge on any atom is -0.508 e. The number of nitrogens with zero attached hydrogens (tertiary/aromatic N) is 2. The highest BCUT2D eigenvalue weighted by atomic mass is 16.3. The van der Waals surface area contributed by atoms with Crippen LogP contribution in [0.25, 0.3) is 22.3 Å². The van der Waals surface area contributed by atoms with E-state index in [1.807, 2.05) is 38.1 Å². The maximum Gasteiger partial charge on any atom is 0.250 e. The number of primary amides is 1. The van der Waals surface area contributed by atoms with E-state index in [4.69, 9.17) is 11.5 Å². The molecule has 7 nitrogen and oxygen atoms in total. The molecule has 2 aromatic carbocycles. The normalized spacial score (nSPS) is 13.9. The Morgan fingerprint density at radius 2 is 1.84 bits per heavy atom. The fraction of sp³-hybridized carbons (Fsp3) is 0.250. The molecular formula is C24H27N5O2. The SMILES string of the molecule is Cc1ccc(O)c(C)c1-c1cc(-c2ccnc(N3CCNCC3)c2)cc(C(N)=O)c1N. The van der Waals surface area contributed by atoms with Gasteiger partial charge in [0.25, 0.3) is 5.91 Å². The van der Waals surface area contributed by atoms with Crippen molar-refractivity contribution in [1.29, 1.82) is 0 Å². The molecule has 0 bridgehead atoms. The Balaban J connectivity index is 1.89. The van der Waals surface area contributed by atoms with Gasteiger partial charge in [-0.15, -0.1) is 0 Å². The molecule has 1 saturated heterocycles. The van der Waals surface area contributed by atoms with Crippen molar-refractivity contribution in [3.05, 3.63) is 59.3 Å². The molecule has 3 aromatic rings. The number of benzene rings is 2. The van der Waals surface area contributed by atoms with Crippen molar-refractivity contribution in [2.24, 2.45) is 5.73 Å². The molecule has 0 aliphatic carbocycles. The van der Waals surface area contributed by atoms with Crippen LogP contribution in [0.4, 0.5) is 11.5 Å². The van der Waals surface area contributed by atoms with Crippen LogP contribution < -0.4 is 21.7 Å². The standard InChI is InChI=1S/C24H27N5O2/c1-14-3-4-20(30)15(2)22(14)18-11-17(12-19(23(18)25)24(26)31)16-5-6-28-21(13-16)29-9-7-27-8-10-29/h3-6,11-13,27,30H,7-10,25H2,1-2H3,(H2,26,31). The number of hydrogen-bond acceptors (Lipinski definition) is 6. The second-order valence-corrected chi connectivity index (χ2v) is 7.89. The van der Waals surface area contributed by atoms with Gasteiger partial charge >= 0.3 is 0 Å². The number of hydrogen-bond donors (Lipinski definition) is 4. The van der Waals surface area contributed by atoms with Crippen LogP contribution in [0.15, 0.2) is 42.6 Å². The van der Waals surface area contributed by atoms with Gasteiger partial charge in [-0.05, 0) is 72.0 Å². The number of piperazine rings is 1. The van der Waals surface area contributed by atoms with E-state index in [-0.39, 0.29) is 11.3 Å². The van der Waals surface area contributed by atoms with E-state index >= 15 is 0 Å². The first kappa shape index (κ1) is 20.7. The van der Waals surface area contributed by atoms with Crippen LogP contribution in [0, 0.1) is 13.8 Å². The first-order chi connectivity index (χ1) is 14.9. The Morgan fingerprint density at radius 1 is 1.10 bits per heavy atom. The number of phenols is 1. The summed E-state index contributed by atoms with van der Waals surface area (Å²) in [4.78, 5) is 19.0. The highest BCUT2D eigenvalue weighted by Crippen LogP contribution is 2.40. The molecule has 7 heteroatoms. The topological polar surface area (TPSA) is 118 Å². The fourth-order valence-corrected chi connectivity index (χ4v) is 4.15. The van der Waals surface area contributed by atoms with Crippen LogP contribution in [-0.4, -0.2) is 42.2 Å². The molecule has 0 atom stereocenters. The molecule has 160 valence electrons. The first-order valence-corrected chi connectivity index (χ1v) is 10.3. The van der Waals surface area contributed by atoms with Crippen molar-refractivity contribution in [2.75, 3.05) is 36.8 Å². The maximum absolute atomic E-state index is 12.2. The molecule has 1 amide bonds. The second-order valence-electron chi connectivity index (χ2n) is 7.89. The van der Waals surface area contributed by atoms with Crippen LogP contribution in [0.1, 0.15) is 21.5 Å². The Morgan fingerprint density at radius 3 is 2.55 bits per heavy atom. The summed E-state index contributed by atoms with van der Waals surface area (Å²) in [5.41, 5.74) is 17.5. The quantitative estimate of drug-likeness (QED) is 0.485. The van der Waals surface area contributed by atoms with Gasteiger partial charge in [0, 0.05) is 37.9 Å². The third-order valence-corrected chi connectivity index (χ3v) is 5.88. The number of rotatable bonds is 4. The molecule has 31 heavy (non-hydrogen) atoms. The average molecular weight is 418 g/mol. The molecule has 6 N–H and O–H groups in total. The van der Waals surface area contributed by atoms with Gasteiger partial charge in [-0.1, -0.05) is 6.07 Å². The molecule has 1 aromatic heterocycles. The summed E-state index contributed by atoms with van der Waals surface area (Å²) >= 11 is 0. The van der Waals surface area contributed by atoms with E-state index in [9.17, 15) is 9.90 Å². The predicted molar refractivity (Wildman–Crippen MR) is 124 cm³/mol. The van der Waals surface area contributed by atoms with Gasteiger partial charge in [-0.2, -0.15) is 0 Å². The summed E-state index contributed by atoms with van der Waals surface area (Å²) in [6, 6.07) is 11.1. The number of pyridine rings is 1. The monoisotopic (exact) mass is 417 g/mol. The third-order valence-electron chi connectivity index (χ3n) is 5.88. The van der Waals surface area contributed by atoms with E-state index in [1.54, 1.807) is 18.3 Å². The predicted octanol–water partition coefficient (Wildman–Crippen LogP) is 2.83. The summed E-state index contributed by atoms with van der Waals surface area (Å²) < 4.78 is 0. The summed E-state index contributed by atoms with van der Waals surface area (Å²) in [7, 11) is 0. The summed E-state index contributed by atoms with van der Waals surface area (Å²) in [5.74, 6) is 0.478. The highest BCUT2D eigenvalue weighted by molar-refractivity contribution is 6.04. The van der Waals surface area contributed by atoms with Gasteiger partial charge in [0.15, 0.2) is 0 Å². The summed E-state index contributed by atoms with van der Waals surface area (Å²) in [5, 5.41) is 13.6. The zero-order valence-electron chi connectivity index (χ0n) is 17.8. The summed E-state index contributed by atoms with van der Waals surface area (Å²) in [6.07, 6.45) is 1.78. The van der Waals surface area contributed by atoms with E-state index in [0.717, 1.165) is 54.3 Å². The van der Waals surface area contributed by atoms with Crippen LogP contribution in [0.2, 0.25) is 0 Å². The van der Waals surface area contributed by atoms with Gasteiger partial charge < -0.3 is 26.8 Å². The van der Waals surface area contributed by atoms with Crippen molar-refractivity contribution >= 4 is 17.4 Å². The van der Waals surface area contributed by atoms with E-state index < -0.39 is 5.91 Å². The molecule has 0 saturated carbocycles. The lowest BCUT2D eigenvalue weighted by molar-refractivity contribution is 0.100. The number of aromatic hydroxyl groups is 1. The molecule has 0 spiro atoms. The van der Waals surface area contributed by atoms with Crippen molar-refractivity contribution in [2.45, 2.75) is 13.8 Å². The van der Waals surface area contributed by atoms with Crippen LogP contribution in [0.3, 0.4) is 0 Å². The lowest BCUT2D eigenvalue weighted by atomic mass is 9.89. The maximum atomic E-state index is 12.2. The van der Waals surface area contributed by atoms with Crippen LogP contribution >= 0.6 is 0 Å². The van der Waals surface area contributed by atoms with Crippen LogP contribution in [-0.2, 0) is 0 Å². The van der Waals surface area contributed by atoms with Crippen molar-refractivity contribution in [3.63, 3.8) is 0 Å². The van der Waals surface area contributed by atoms with Crippen molar-refractivity contribution in [3.8, 4) is 28.0 Å². The number of nitrogens with two attached hydrogens (primary N) is 2. The van der Waals surface area contributed by atoms with Gasteiger partial charge in [-0.25, -0.2) is 4.98 Å². The average Bonchev–Trinajstić information content (AvgIpc) is 2.78. The molecule has 1 aliphatic rings. The number of nitrogens with one attached hydrogen (secondary N) is 1. The third kappa shape index (κ3) is 3.92. The molecule has 0 radical (unpaired) electrons. The molecule has 1 aliphatic heterocycles. The van der Waals surface area contributed by atoms with E-state index in [1.165, 1.54) is 0 Å². The number of aromatic nitrogens is 1. The lowest BCUT2D eigenvalue weighted by Gasteiger charge is -2.28. The van der Waals surface area contributed by atoms with Gasteiger partial charge in [0.1, 0.15) is 11.6 Å². The first-order valence-electron chi connectivity index (χ1n) is 10.3. The molecular weight excluding hydrogens is 390 g/mol. The number of carbonyl (C=O) groups is 1. The fourth-order valence-electron chi connectivity index (χ4n) is 4.15. The minimum absolute atomic E-state index is 0.177. The summed E-state index contributed by atoms with van der Waals surface area (Å²) in [6.45, 7) is 7.39. The smallest absolute Gasteiger partial charge is 0.250 e. The van der Waals surface area contributed by atoms with E-state index in [0.29, 0.717) is 16.8 Å². The molecule has 2 heterocycles. The zero-order valence-corrected chi connectivity index (χ0v) is 17.8. The van der Waals surface area contributed by atoms with E-state index in [2.05, 4.69) is 15.2 Å². The van der Waals surface area contributed by atoms with Gasteiger partial charge in [0.2, 0.25) is 0 Å². The van der Waals surface area contributed by atoms with Crippen LogP contribution in [0.5, 0.6) is 5.75 Å². The molecule has 1 fully saturated rings. The minimum atomic E-state index is -0.590. The zero-order chi connectivity index (χ0) is 22.1. The van der Waals surface area contributed by atoms with Crippen molar-refractivity contribution < 1.29 is 9.90 Å². The van der Waals surface area contributed by atoms with Crippen molar-refractivity contribution in [1.82, 2.24) is 10.3 Å². The number of carbonyl (C=O) groups excluding carboxylic acids is 1. The second kappa shape index (κ2) is 8.28. The largest absolute Gasteiger partial charge is 0.508 e.